The first kappa shape index (κ1) is 20.1. The molecular weight excluding hydrogens is 384 g/mol. The van der Waals surface area contributed by atoms with Crippen molar-refractivity contribution < 1.29 is 23.8 Å². The fourth-order valence-corrected chi connectivity index (χ4v) is 4.21. The normalized spacial score (nSPS) is 16.2. The molecule has 2 amide bonds. The van der Waals surface area contributed by atoms with Crippen molar-refractivity contribution in [1.29, 1.82) is 0 Å². The fourth-order valence-electron chi connectivity index (χ4n) is 4.21. The molecule has 0 bridgehead atoms. The van der Waals surface area contributed by atoms with Gasteiger partial charge in [-0.3, -0.25) is 9.59 Å². The highest BCUT2D eigenvalue weighted by Crippen LogP contribution is 2.41. The number of carbonyl (C=O) groups excluding carboxylic acids is 2. The minimum absolute atomic E-state index is 0.139. The molecule has 2 aromatic carbocycles. The molecule has 2 aliphatic rings. The SMILES string of the molecule is COc1ccc(C2(CNC(=O)C(=O)NCc3ccc4c(c3)OCO4)CCCC2)cc1. The highest BCUT2D eigenvalue weighted by molar-refractivity contribution is 6.35. The van der Waals surface area contributed by atoms with E-state index >= 15 is 0 Å². The molecule has 30 heavy (non-hydrogen) atoms. The molecule has 1 aliphatic carbocycles. The Morgan fingerprint density at radius 3 is 2.40 bits per heavy atom. The van der Waals surface area contributed by atoms with E-state index in [2.05, 4.69) is 22.8 Å². The van der Waals surface area contributed by atoms with Crippen molar-refractivity contribution in [3.05, 3.63) is 53.6 Å². The van der Waals surface area contributed by atoms with E-state index in [0.29, 0.717) is 18.0 Å². The van der Waals surface area contributed by atoms with Crippen LogP contribution in [-0.4, -0.2) is 32.3 Å². The lowest BCUT2D eigenvalue weighted by molar-refractivity contribution is -0.139. The van der Waals surface area contributed by atoms with Crippen LogP contribution in [0.2, 0.25) is 0 Å². The number of hydrogen-bond donors (Lipinski definition) is 2. The van der Waals surface area contributed by atoms with Gasteiger partial charge in [-0.2, -0.15) is 0 Å². The second-order valence-electron chi connectivity index (χ2n) is 7.77. The van der Waals surface area contributed by atoms with Gasteiger partial charge in [0.25, 0.3) is 0 Å². The summed E-state index contributed by atoms with van der Waals surface area (Å²) in [6, 6.07) is 13.4. The number of amides is 2. The van der Waals surface area contributed by atoms with Crippen LogP contribution in [0.1, 0.15) is 36.8 Å². The predicted molar refractivity (Wildman–Crippen MR) is 111 cm³/mol. The molecule has 7 nitrogen and oxygen atoms in total. The lowest BCUT2D eigenvalue weighted by Crippen LogP contribution is -2.45. The fraction of sp³-hybridized carbons (Fsp3) is 0.391. The van der Waals surface area contributed by atoms with Crippen LogP contribution in [-0.2, 0) is 21.5 Å². The van der Waals surface area contributed by atoms with Crippen molar-refractivity contribution in [2.24, 2.45) is 0 Å². The maximum atomic E-state index is 12.4. The maximum Gasteiger partial charge on any atom is 0.309 e. The van der Waals surface area contributed by atoms with Crippen LogP contribution in [0.15, 0.2) is 42.5 Å². The molecule has 0 aromatic heterocycles. The first-order chi connectivity index (χ1) is 14.6. The summed E-state index contributed by atoms with van der Waals surface area (Å²) in [7, 11) is 1.64. The third kappa shape index (κ3) is 4.20. The summed E-state index contributed by atoms with van der Waals surface area (Å²) in [5.74, 6) is 0.877. The first-order valence-corrected chi connectivity index (χ1v) is 10.2. The van der Waals surface area contributed by atoms with Crippen LogP contribution in [0.5, 0.6) is 17.2 Å². The molecule has 2 N–H and O–H groups in total. The minimum atomic E-state index is -0.643. The number of carbonyl (C=O) groups is 2. The molecule has 0 saturated heterocycles. The number of rotatable bonds is 6. The highest BCUT2D eigenvalue weighted by atomic mass is 16.7. The highest BCUT2D eigenvalue weighted by Gasteiger charge is 2.36. The van der Waals surface area contributed by atoms with Gasteiger partial charge in [0, 0.05) is 18.5 Å². The van der Waals surface area contributed by atoms with Crippen LogP contribution in [0.3, 0.4) is 0 Å². The van der Waals surface area contributed by atoms with Gasteiger partial charge in [0.1, 0.15) is 5.75 Å². The average molecular weight is 410 g/mol. The Labute approximate surface area is 175 Å². The molecule has 1 fully saturated rings. The van der Waals surface area contributed by atoms with Gasteiger partial charge in [-0.25, -0.2) is 0 Å². The number of benzene rings is 2. The van der Waals surface area contributed by atoms with E-state index in [-0.39, 0.29) is 18.8 Å². The van der Waals surface area contributed by atoms with Gasteiger partial charge in [-0.05, 0) is 48.2 Å². The summed E-state index contributed by atoms with van der Waals surface area (Å²) in [5.41, 5.74) is 1.87. The Morgan fingerprint density at radius 2 is 1.67 bits per heavy atom. The van der Waals surface area contributed by atoms with Crippen molar-refractivity contribution in [3.63, 3.8) is 0 Å². The zero-order chi connectivity index (χ0) is 21.0. The monoisotopic (exact) mass is 410 g/mol. The molecule has 0 radical (unpaired) electrons. The summed E-state index contributed by atoms with van der Waals surface area (Å²) in [6.45, 7) is 0.881. The van der Waals surface area contributed by atoms with E-state index in [1.807, 2.05) is 18.2 Å². The van der Waals surface area contributed by atoms with E-state index in [1.54, 1.807) is 19.2 Å². The van der Waals surface area contributed by atoms with E-state index < -0.39 is 11.8 Å². The second kappa shape index (κ2) is 8.65. The molecule has 0 spiro atoms. The zero-order valence-electron chi connectivity index (χ0n) is 17.0. The van der Waals surface area contributed by atoms with Crippen LogP contribution < -0.4 is 24.8 Å². The zero-order valence-corrected chi connectivity index (χ0v) is 17.0. The predicted octanol–water partition coefficient (Wildman–Crippen LogP) is 2.67. The Balaban J connectivity index is 1.33. The van der Waals surface area contributed by atoms with Gasteiger partial charge in [0.2, 0.25) is 6.79 Å². The number of hydrogen-bond acceptors (Lipinski definition) is 5. The first-order valence-electron chi connectivity index (χ1n) is 10.2. The van der Waals surface area contributed by atoms with Crippen LogP contribution in [0.25, 0.3) is 0 Å². The smallest absolute Gasteiger partial charge is 0.309 e. The molecule has 1 heterocycles. The number of nitrogens with one attached hydrogen (secondary N) is 2. The third-order valence-corrected chi connectivity index (χ3v) is 5.95. The van der Waals surface area contributed by atoms with Crippen LogP contribution in [0, 0.1) is 0 Å². The summed E-state index contributed by atoms with van der Waals surface area (Å²) >= 11 is 0. The van der Waals surface area contributed by atoms with Crippen molar-refractivity contribution in [2.75, 3.05) is 20.4 Å². The largest absolute Gasteiger partial charge is 0.497 e. The van der Waals surface area contributed by atoms with Crippen molar-refractivity contribution >= 4 is 11.8 Å². The second-order valence-corrected chi connectivity index (χ2v) is 7.77. The van der Waals surface area contributed by atoms with Gasteiger partial charge < -0.3 is 24.8 Å². The Kier molecular flexibility index (Phi) is 5.79. The number of fused-ring (bicyclic) bond motifs is 1. The lowest BCUT2D eigenvalue weighted by Gasteiger charge is -2.30. The Bertz CT molecular complexity index is 920. The van der Waals surface area contributed by atoms with Crippen molar-refractivity contribution in [2.45, 2.75) is 37.6 Å². The molecule has 0 unspecified atom stereocenters. The molecule has 0 atom stereocenters. The van der Waals surface area contributed by atoms with Gasteiger partial charge in [0.05, 0.1) is 7.11 Å². The van der Waals surface area contributed by atoms with E-state index in [4.69, 9.17) is 14.2 Å². The van der Waals surface area contributed by atoms with Gasteiger partial charge in [0.15, 0.2) is 11.5 Å². The van der Waals surface area contributed by atoms with E-state index in [1.165, 1.54) is 5.56 Å². The summed E-state index contributed by atoms with van der Waals surface area (Å²) in [4.78, 5) is 24.7. The van der Waals surface area contributed by atoms with Gasteiger partial charge in [-0.1, -0.05) is 31.0 Å². The summed E-state index contributed by atoms with van der Waals surface area (Å²) in [5, 5.41) is 5.51. The average Bonchev–Trinajstić information content (AvgIpc) is 3.45. The summed E-state index contributed by atoms with van der Waals surface area (Å²) in [6.07, 6.45) is 4.19. The molecule has 2 aromatic rings. The number of ether oxygens (including phenoxy) is 3. The van der Waals surface area contributed by atoms with Gasteiger partial charge in [-0.15, -0.1) is 0 Å². The molecular formula is C23H26N2O5. The minimum Gasteiger partial charge on any atom is -0.497 e. The molecule has 4 rings (SSSR count). The standard InChI is InChI=1S/C23H26N2O5/c1-28-18-7-5-17(6-8-18)23(10-2-3-11-23)14-25-22(27)21(26)24-13-16-4-9-19-20(12-16)30-15-29-19/h4-9,12H,2-3,10-11,13-15H2,1H3,(H,24,26)(H,25,27). The molecule has 1 aliphatic heterocycles. The summed E-state index contributed by atoms with van der Waals surface area (Å²) < 4.78 is 15.9. The maximum absolute atomic E-state index is 12.4. The third-order valence-electron chi connectivity index (χ3n) is 5.95. The van der Waals surface area contributed by atoms with E-state index in [9.17, 15) is 9.59 Å². The van der Waals surface area contributed by atoms with Crippen molar-refractivity contribution in [1.82, 2.24) is 10.6 Å². The lowest BCUT2D eigenvalue weighted by atomic mass is 9.78. The van der Waals surface area contributed by atoms with Crippen LogP contribution in [0.4, 0.5) is 0 Å². The Hall–Kier alpha value is -3.22. The van der Waals surface area contributed by atoms with Crippen LogP contribution >= 0.6 is 0 Å². The number of methoxy groups -OCH3 is 1. The van der Waals surface area contributed by atoms with E-state index in [0.717, 1.165) is 37.0 Å². The van der Waals surface area contributed by atoms with Gasteiger partial charge >= 0.3 is 11.8 Å². The molecule has 1 saturated carbocycles. The molecule has 158 valence electrons. The topological polar surface area (TPSA) is 85.9 Å². The van der Waals surface area contributed by atoms with Crippen molar-refractivity contribution in [3.8, 4) is 17.2 Å². The molecule has 7 heteroatoms. The Morgan fingerprint density at radius 1 is 0.967 bits per heavy atom. The quantitative estimate of drug-likeness (QED) is 0.715.